The second kappa shape index (κ2) is 5.00. The Hall–Kier alpha value is -0.830. The molecule has 0 bridgehead atoms. The molecule has 0 aromatic heterocycles. The van der Waals surface area contributed by atoms with Crippen LogP contribution in [0.4, 0.5) is 0 Å². The number of aryl methyl sites for hydroxylation is 2. The third kappa shape index (κ3) is 3.63. The molecule has 1 amide bonds. The second-order valence-electron chi connectivity index (χ2n) is 4.59. The molecule has 0 aliphatic carbocycles. The van der Waals surface area contributed by atoms with Crippen molar-refractivity contribution in [3.63, 3.8) is 0 Å². The van der Waals surface area contributed by atoms with Crippen molar-refractivity contribution in [2.24, 2.45) is 0 Å². The van der Waals surface area contributed by atoms with E-state index in [1.54, 1.807) is 0 Å². The first-order chi connectivity index (χ1) is 7.30. The van der Waals surface area contributed by atoms with Crippen LogP contribution in [0.25, 0.3) is 0 Å². The van der Waals surface area contributed by atoms with Crippen LogP contribution in [0, 0.1) is 13.8 Å². The fourth-order valence-electron chi connectivity index (χ4n) is 1.38. The molecule has 0 unspecified atom stereocenters. The summed E-state index contributed by atoms with van der Waals surface area (Å²) in [5, 5.41) is 2.92. The number of rotatable bonds is 3. The molecule has 0 spiro atoms. The van der Waals surface area contributed by atoms with Gasteiger partial charge in [-0.2, -0.15) is 0 Å². The van der Waals surface area contributed by atoms with Crippen LogP contribution in [0.2, 0.25) is 0 Å². The van der Waals surface area contributed by atoms with Gasteiger partial charge in [0.05, 0.1) is 4.32 Å². The molecule has 1 aromatic carbocycles. The summed E-state index contributed by atoms with van der Waals surface area (Å²) in [7, 11) is 0. The molecule has 1 N–H and O–H groups in total. The molecule has 16 heavy (non-hydrogen) atoms. The van der Waals surface area contributed by atoms with Gasteiger partial charge >= 0.3 is 0 Å². The van der Waals surface area contributed by atoms with Gasteiger partial charge in [0.1, 0.15) is 0 Å². The van der Waals surface area contributed by atoms with Crippen molar-refractivity contribution < 1.29 is 4.79 Å². The van der Waals surface area contributed by atoms with Crippen LogP contribution in [0.15, 0.2) is 18.2 Å². The van der Waals surface area contributed by atoms with Crippen molar-refractivity contribution in [3.8, 4) is 0 Å². The normalized spacial score (nSPS) is 11.3. The summed E-state index contributed by atoms with van der Waals surface area (Å²) in [6, 6.07) is 6.27. The third-order valence-corrected chi connectivity index (χ3v) is 2.84. The van der Waals surface area contributed by atoms with E-state index in [9.17, 15) is 4.79 Å². The maximum Gasteiger partial charge on any atom is 0.236 e. The molecule has 0 fully saturated rings. The smallest absolute Gasteiger partial charge is 0.236 e. The molecule has 0 atom stereocenters. The van der Waals surface area contributed by atoms with Crippen molar-refractivity contribution in [1.29, 1.82) is 0 Å². The highest BCUT2D eigenvalue weighted by atomic mass is 79.9. The monoisotopic (exact) mass is 283 g/mol. The number of amides is 1. The molecule has 0 saturated heterocycles. The van der Waals surface area contributed by atoms with E-state index in [0.29, 0.717) is 6.54 Å². The SMILES string of the molecule is Cc1ccc(C)c(CNC(=O)C(C)(C)Br)c1. The van der Waals surface area contributed by atoms with E-state index in [1.807, 2.05) is 13.8 Å². The predicted molar refractivity (Wildman–Crippen MR) is 70.8 cm³/mol. The van der Waals surface area contributed by atoms with Crippen molar-refractivity contribution in [2.75, 3.05) is 0 Å². The molecular weight excluding hydrogens is 266 g/mol. The molecule has 0 saturated carbocycles. The lowest BCUT2D eigenvalue weighted by Crippen LogP contribution is -2.37. The van der Waals surface area contributed by atoms with Crippen LogP contribution in [0.5, 0.6) is 0 Å². The molecule has 0 aliphatic heterocycles. The minimum absolute atomic E-state index is 0.00778. The van der Waals surface area contributed by atoms with Crippen molar-refractivity contribution in [2.45, 2.75) is 38.6 Å². The number of benzene rings is 1. The highest BCUT2D eigenvalue weighted by molar-refractivity contribution is 9.10. The largest absolute Gasteiger partial charge is 0.351 e. The van der Waals surface area contributed by atoms with Crippen LogP contribution >= 0.6 is 15.9 Å². The molecule has 1 rings (SSSR count). The summed E-state index contributed by atoms with van der Waals surface area (Å²) in [4.78, 5) is 11.7. The Labute approximate surface area is 106 Å². The number of carbonyl (C=O) groups excluding carboxylic acids is 1. The summed E-state index contributed by atoms with van der Waals surface area (Å²) in [6.45, 7) is 8.37. The lowest BCUT2D eigenvalue weighted by Gasteiger charge is -2.16. The quantitative estimate of drug-likeness (QED) is 0.849. The van der Waals surface area contributed by atoms with Gasteiger partial charge in [0.15, 0.2) is 0 Å². The Kier molecular flexibility index (Phi) is 4.14. The Morgan fingerprint density at radius 3 is 2.56 bits per heavy atom. The van der Waals surface area contributed by atoms with Gasteiger partial charge in [-0.25, -0.2) is 0 Å². The van der Waals surface area contributed by atoms with Gasteiger partial charge in [-0.15, -0.1) is 0 Å². The minimum atomic E-state index is -0.509. The van der Waals surface area contributed by atoms with Crippen LogP contribution in [0.3, 0.4) is 0 Å². The van der Waals surface area contributed by atoms with E-state index < -0.39 is 4.32 Å². The fraction of sp³-hybridized carbons (Fsp3) is 0.462. The van der Waals surface area contributed by atoms with E-state index in [0.717, 1.165) is 0 Å². The van der Waals surface area contributed by atoms with E-state index in [4.69, 9.17) is 0 Å². The molecular formula is C13H18BrNO. The summed E-state index contributed by atoms with van der Waals surface area (Å²) < 4.78 is -0.509. The van der Waals surface area contributed by atoms with Gasteiger partial charge in [0.25, 0.3) is 0 Å². The van der Waals surface area contributed by atoms with Gasteiger partial charge in [-0.1, -0.05) is 39.7 Å². The van der Waals surface area contributed by atoms with E-state index in [-0.39, 0.29) is 5.91 Å². The molecule has 0 heterocycles. The maximum absolute atomic E-state index is 11.7. The van der Waals surface area contributed by atoms with E-state index in [2.05, 4.69) is 53.3 Å². The lowest BCUT2D eigenvalue weighted by molar-refractivity contribution is -0.122. The zero-order chi connectivity index (χ0) is 12.3. The molecule has 3 heteroatoms. The zero-order valence-electron chi connectivity index (χ0n) is 10.2. The zero-order valence-corrected chi connectivity index (χ0v) is 11.8. The summed E-state index contributed by atoms with van der Waals surface area (Å²) in [6.07, 6.45) is 0. The van der Waals surface area contributed by atoms with Crippen molar-refractivity contribution in [1.82, 2.24) is 5.32 Å². The van der Waals surface area contributed by atoms with Crippen LogP contribution in [-0.2, 0) is 11.3 Å². The average Bonchev–Trinajstić information content (AvgIpc) is 2.17. The number of carbonyl (C=O) groups is 1. The van der Waals surface area contributed by atoms with Crippen molar-refractivity contribution >= 4 is 21.8 Å². The molecule has 88 valence electrons. The van der Waals surface area contributed by atoms with Gasteiger partial charge in [0.2, 0.25) is 5.91 Å². The third-order valence-electron chi connectivity index (χ3n) is 2.48. The Balaban J connectivity index is 2.68. The Morgan fingerprint density at radius 1 is 1.38 bits per heavy atom. The van der Waals surface area contributed by atoms with Gasteiger partial charge < -0.3 is 5.32 Å². The first-order valence-corrected chi connectivity index (χ1v) is 6.13. The van der Waals surface area contributed by atoms with E-state index in [1.165, 1.54) is 16.7 Å². The Bertz CT molecular complexity index is 393. The first-order valence-electron chi connectivity index (χ1n) is 5.34. The average molecular weight is 284 g/mol. The molecule has 0 radical (unpaired) electrons. The fourth-order valence-corrected chi connectivity index (χ4v) is 1.52. The summed E-state index contributed by atoms with van der Waals surface area (Å²) >= 11 is 3.34. The maximum atomic E-state index is 11.7. The number of hydrogen-bond acceptors (Lipinski definition) is 1. The van der Waals surface area contributed by atoms with Gasteiger partial charge in [-0.3, -0.25) is 4.79 Å². The minimum Gasteiger partial charge on any atom is -0.351 e. The predicted octanol–water partition coefficient (Wildman–Crippen LogP) is 3.09. The standard InChI is InChI=1S/C13H18BrNO/c1-9-5-6-10(2)11(7-9)8-15-12(16)13(3,4)14/h5-7H,8H2,1-4H3,(H,15,16). The second-order valence-corrected chi connectivity index (χ2v) is 6.57. The first kappa shape index (κ1) is 13.2. The highest BCUT2D eigenvalue weighted by Gasteiger charge is 2.22. The summed E-state index contributed by atoms with van der Waals surface area (Å²) in [5.41, 5.74) is 3.59. The van der Waals surface area contributed by atoms with Gasteiger partial charge in [-0.05, 0) is 38.8 Å². The van der Waals surface area contributed by atoms with Crippen LogP contribution < -0.4 is 5.32 Å². The van der Waals surface area contributed by atoms with Crippen molar-refractivity contribution in [3.05, 3.63) is 34.9 Å². The van der Waals surface area contributed by atoms with Gasteiger partial charge in [0, 0.05) is 6.54 Å². The summed E-state index contributed by atoms with van der Waals surface area (Å²) in [5.74, 6) is 0.00778. The molecule has 2 nitrogen and oxygen atoms in total. The van der Waals surface area contributed by atoms with Crippen LogP contribution in [0.1, 0.15) is 30.5 Å². The number of nitrogens with one attached hydrogen (secondary N) is 1. The lowest BCUT2D eigenvalue weighted by atomic mass is 10.1. The highest BCUT2D eigenvalue weighted by Crippen LogP contribution is 2.16. The topological polar surface area (TPSA) is 29.1 Å². The number of hydrogen-bond donors (Lipinski definition) is 1. The number of alkyl halides is 1. The number of halogens is 1. The molecule has 1 aromatic rings. The van der Waals surface area contributed by atoms with E-state index >= 15 is 0 Å². The molecule has 0 aliphatic rings. The Morgan fingerprint density at radius 2 is 2.00 bits per heavy atom. The van der Waals surface area contributed by atoms with Crippen LogP contribution in [-0.4, -0.2) is 10.2 Å².